The standard InChI is InChI=1S/C56H39F2N3S/c1-56(2,3)34-30-48-43-24-22-41(59(37-10-6-4-7-11-37)39-18-14-35(57)15-19-39)32-50(43)61-54-45-28-29-51-53(44(45)26-27-46(54)49(31-34)55(48)61)47-25-23-42(33-52(47)62-51)60(38-12-8-5-9-13-38)40-20-16-36(58)17-21-40/h4-33H,1-3H3. The summed E-state index contributed by atoms with van der Waals surface area (Å²) in [5.74, 6) is -0.521. The Morgan fingerprint density at radius 3 is 1.45 bits per heavy atom. The molecule has 0 aliphatic rings. The van der Waals surface area contributed by atoms with Crippen LogP contribution < -0.4 is 9.80 Å². The summed E-state index contributed by atoms with van der Waals surface area (Å²) in [4.78, 5) is 4.39. The fourth-order valence-corrected chi connectivity index (χ4v) is 10.8. The van der Waals surface area contributed by atoms with Crippen LogP contribution in [-0.4, -0.2) is 4.40 Å². The van der Waals surface area contributed by atoms with Crippen LogP contribution in [0.5, 0.6) is 0 Å². The molecule has 0 N–H and O–H groups in total. The molecule has 0 aliphatic heterocycles. The van der Waals surface area contributed by atoms with Crippen molar-refractivity contribution < 1.29 is 8.78 Å². The number of hydrogen-bond donors (Lipinski definition) is 0. The van der Waals surface area contributed by atoms with Gasteiger partial charge in [0.2, 0.25) is 0 Å². The number of hydrogen-bond acceptors (Lipinski definition) is 3. The van der Waals surface area contributed by atoms with E-state index in [1.165, 1.54) is 93.4 Å². The predicted octanol–water partition coefficient (Wildman–Crippen LogP) is 16.9. The molecule has 0 saturated heterocycles. The molecular formula is C56H39F2N3S. The Morgan fingerprint density at radius 1 is 0.403 bits per heavy atom. The molecule has 6 heteroatoms. The highest BCUT2D eigenvalue weighted by molar-refractivity contribution is 7.26. The lowest BCUT2D eigenvalue weighted by Crippen LogP contribution is -2.10. The van der Waals surface area contributed by atoms with Crippen LogP contribution in [0.1, 0.15) is 26.3 Å². The van der Waals surface area contributed by atoms with E-state index in [0.717, 1.165) is 39.6 Å². The molecule has 12 rings (SSSR count). The first-order chi connectivity index (χ1) is 30.2. The molecule has 0 amide bonds. The summed E-state index contributed by atoms with van der Waals surface area (Å²) >= 11 is 1.80. The van der Waals surface area contributed by atoms with Crippen molar-refractivity contribution in [2.45, 2.75) is 26.2 Å². The van der Waals surface area contributed by atoms with Gasteiger partial charge in [-0.2, -0.15) is 0 Å². The summed E-state index contributed by atoms with van der Waals surface area (Å²) in [5.41, 5.74) is 10.6. The van der Waals surface area contributed by atoms with E-state index in [-0.39, 0.29) is 17.0 Å². The van der Waals surface area contributed by atoms with Crippen molar-refractivity contribution in [3.8, 4) is 0 Å². The number of halogens is 2. The molecule has 0 atom stereocenters. The second-order valence-corrected chi connectivity index (χ2v) is 18.4. The zero-order chi connectivity index (χ0) is 41.9. The summed E-state index contributed by atoms with van der Waals surface area (Å²) in [5, 5.41) is 9.79. The van der Waals surface area contributed by atoms with E-state index in [1.54, 1.807) is 11.3 Å². The van der Waals surface area contributed by atoms with Gasteiger partial charge in [-0.05, 0) is 132 Å². The van der Waals surface area contributed by atoms with Gasteiger partial charge >= 0.3 is 0 Å². The number of fused-ring (bicyclic) bond motifs is 12. The smallest absolute Gasteiger partial charge is 0.123 e. The molecule has 0 saturated carbocycles. The van der Waals surface area contributed by atoms with Crippen molar-refractivity contribution in [2.75, 3.05) is 9.80 Å². The van der Waals surface area contributed by atoms with Gasteiger partial charge in [0.15, 0.2) is 0 Å². The molecular weight excluding hydrogens is 785 g/mol. The average Bonchev–Trinajstić information content (AvgIpc) is 3.95. The van der Waals surface area contributed by atoms with Gasteiger partial charge in [0, 0.05) is 81.2 Å². The van der Waals surface area contributed by atoms with Gasteiger partial charge < -0.3 is 14.2 Å². The van der Waals surface area contributed by atoms with Crippen LogP contribution >= 0.6 is 11.3 Å². The molecule has 0 spiro atoms. The van der Waals surface area contributed by atoms with Crippen LogP contribution in [0.4, 0.5) is 42.9 Å². The van der Waals surface area contributed by atoms with Crippen LogP contribution in [0, 0.1) is 11.6 Å². The van der Waals surface area contributed by atoms with Gasteiger partial charge in [-0.3, -0.25) is 0 Å². The lowest BCUT2D eigenvalue weighted by molar-refractivity contribution is 0.592. The van der Waals surface area contributed by atoms with Crippen LogP contribution in [-0.2, 0) is 5.41 Å². The lowest BCUT2D eigenvalue weighted by Gasteiger charge is -2.25. The molecule has 3 nitrogen and oxygen atoms in total. The molecule has 0 unspecified atom stereocenters. The van der Waals surface area contributed by atoms with E-state index in [9.17, 15) is 8.78 Å². The first-order valence-corrected chi connectivity index (χ1v) is 21.8. The topological polar surface area (TPSA) is 10.9 Å². The summed E-state index contributed by atoms with van der Waals surface area (Å²) in [6, 6.07) is 61.5. The average molecular weight is 824 g/mol. The van der Waals surface area contributed by atoms with E-state index in [2.05, 4.69) is 132 Å². The van der Waals surface area contributed by atoms with Crippen LogP contribution in [0.2, 0.25) is 0 Å². The van der Waals surface area contributed by atoms with Gasteiger partial charge in [-0.15, -0.1) is 11.3 Å². The highest BCUT2D eigenvalue weighted by Gasteiger charge is 2.25. The number of aromatic nitrogens is 1. The van der Waals surface area contributed by atoms with Gasteiger partial charge in [-0.1, -0.05) is 87.5 Å². The zero-order valence-electron chi connectivity index (χ0n) is 34.3. The lowest BCUT2D eigenvalue weighted by atomic mass is 9.85. The Balaban J connectivity index is 1.12. The minimum absolute atomic E-state index is 0.0568. The van der Waals surface area contributed by atoms with Crippen molar-refractivity contribution >= 4 is 115 Å². The number of thiophene rings is 1. The Hall–Kier alpha value is -7.28. The van der Waals surface area contributed by atoms with Crippen molar-refractivity contribution in [3.63, 3.8) is 0 Å². The van der Waals surface area contributed by atoms with Crippen LogP contribution in [0.3, 0.4) is 0 Å². The largest absolute Gasteiger partial charge is 0.310 e. The molecule has 62 heavy (non-hydrogen) atoms. The van der Waals surface area contributed by atoms with Gasteiger partial charge in [-0.25, -0.2) is 8.78 Å². The molecule has 9 aromatic carbocycles. The maximum Gasteiger partial charge on any atom is 0.123 e. The third-order valence-corrected chi connectivity index (χ3v) is 13.6. The van der Waals surface area contributed by atoms with Crippen molar-refractivity contribution in [1.82, 2.24) is 4.40 Å². The van der Waals surface area contributed by atoms with Gasteiger partial charge in [0.1, 0.15) is 11.6 Å². The maximum atomic E-state index is 14.3. The predicted molar refractivity (Wildman–Crippen MR) is 259 cm³/mol. The minimum atomic E-state index is -0.263. The maximum absolute atomic E-state index is 14.3. The molecule has 0 fully saturated rings. The van der Waals surface area contributed by atoms with Crippen LogP contribution in [0.15, 0.2) is 182 Å². The summed E-state index contributed by atoms with van der Waals surface area (Å²) in [6.45, 7) is 6.87. The Bertz CT molecular complexity index is 3680. The monoisotopic (exact) mass is 823 g/mol. The third-order valence-electron chi connectivity index (χ3n) is 12.5. The molecule has 298 valence electrons. The SMILES string of the molecule is CC(C)(C)c1cc2c3ccc(N(c4ccccc4)c4ccc(F)cc4)cc3n3c4c5ccc6sc7cc(N(c8ccccc8)c8ccc(F)cc8)ccc7c6c5ccc4c(c1)c23. The minimum Gasteiger partial charge on any atom is -0.310 e. The fraction of sp³-hybridized carbons (Fsp3) is 0.0714. The molecule has 3 heterocycles. The summed E-state index contributed by atoms with van der Waals surface area (Å²) in [6.07, 6.45) is 0. The second-order valence-electron chi connectivity index (χ2n) is 17.3. The quantitative estimate of drug-likeness (QED) is 0.165. The molecule has 3 aromatic heterocycles. The number of anilines is 6. The summed E-state index contributed by atoms with van der Waals surface area (Å²) in [7, 11) is 0. The van der Waals surface area contributed by atoms with Crippen molar-refractivity contribution in [1.29, 1.82) is 0 Å². The van der Waals surface area contributed by atoms with Gasteiger partial charge in [0.25, 0.3) is 0 Å². The second kappa shape index (κ2) is 13.6. The highest BCUT2D eigenvalue weighted by Crippen LogP contribution is 2.48. The van der Waals surface area contributed by atoms with Crippen molar-refractivity contribution in [2.24, 2.45) is 0 Å². The number of benzene rings is 9. The Labute approximate surface area is 361 Å². The zero-order valence-corrected chi connectivity index (χ0v) is 35.1. The Morgan fingerprint density at radius 2 is 0.855 bits per heavy atom. The number of para-hydroxylation sites is 2. The van der Waals surface area contributed by atoms with Crippen molar-refractivity contribution in [3.05, 3.63) is 199 Å². The normalized spacial score (nSPS) is 12.3. The number of rotatable bonds is 6. The molecule has 0 aliphatic carbocycles. The van der Waals surface area contributed by atoms with E-state index in [0.29, 0.717) is 0 Å². The fourth-order valence-electron chi connectivity index (χ4n) is 9.62. The molecule has 0 bridgehead atoms. The van der Waals surface area contributed by atoms with Crippen LogP contribution in [0.25, 0.3) is 69.0 Å². The molecule has 12 aromatic rings. The number of nitrogens with zero attached hydrogens (tertiary/aromatic N) is 3. The Kier molecular flexibility index (Phi) is 8.03. The summed E-state index contributed by atoms with van der Waals surface area (Å²) < 4.78 is 33.3. The van der Waals surface area contributed by atoms with E-state index < -0.39 is 0 Å². The third kappa shape index (κ3) is 5.60. The molecule has 0 radical (unpaired) electrons. The van der Waals surface area contributed by atoms with Gasteiger partial charge in [0.05, 0.1) is 16.6 Å². The van der Waals surface area contributed by atoms with E-state index in [4.69, 9.17) is 0 Å². The first kappa shape index (κ1) is 36.6. The van der Waals surface area contributed by atoms with E-state index >= 15 is 0 Å². The van der Waals surface area contributed by atoms with E-state index in [1.807, 2.05) is 60.7 Å². The highest BCUT2D eigenvalue weighted by atomic mass is 32.1. The first-order valence-electron chi connectivity index (χ1n) is 21.0.